The Labute approximate surface area is 158 Å². The Balaban J connectivity index is 1.85. The van der Waals surface area contributed by atoms with Crippen molar-refractivity contribution >= 4 is 27.7 Å². The van der Waals surface area contributed by atoms with E-state index in [2.05, 4.69) is 10.6 Å². The fourth-order valence-corrected chi connectivity index (χ4v) is 3.43. The molecule has 0 spiro atoms. The number of nitrogens with one attached hydrogen (secondary N) is 2. The summed E-state index contributed by atoms with van der Waals surface area (Å²) < 4.78 is 27.9. The highest BCUT2D eigenvalue weighted by molar-refractivity contribution is 7.90. The zero-order valence-electron chi connectivity index (χ0n) is 15.4. The third kappa shape index (κ3) is 6.35. The average molecular weight is 396 g/mol. The molecule has 1 aliphatic rings. The molecule has 2 N–H and O–H groups in total. The molecular formula is C18H24N2O6S. The lowest BCUT2D eigenvalue weighted by molar-refractivity contribution is -0.127. The zero-order valence-corrected chi connectivity index (χ0v) is 16.2. The van der Waals surface area contributed by atoms with Crippen molar-refractivity contribution in [2.24, 2.45) is 0 Å². The Morgan fingerprint density at radius 2 is 1.67 bits per heavy atom. The molecule has 0 aromatic heterocycles. The van der Waals surface area contributed by atoms with Crippen LogP contribution in [0.3, 0.4) is 0 Å². The number of esters is 1. The largest absolute Gasteiger partial charge is 0.449 e. The molecule has 1 saturated carbocycles. The molecule has 0 aliphatic heterocycles. The maximum absolute atomic E-state index is 12.1. The van der Waals surface area contributed by atoms with Crippen LogP contribution in [0.5, 0.6) is 0 Å². The average Bonchev–Trinajstić information content (AvgIpc) is 2.61. The number of carbonyl (C=O) groups excluding carboxylic acids is 3. The number of ether oxygens (including phenoxy) is 1. The molecule has 1 fully saturated rings. The van der Waals surface area contributed by atoms with Gasteiger partial charge in [0, 0.05) is 12.3 Å². The summed E-state index contributed by atoms with van der Waals surface area (Å²) in [7, 11) is -3.37. The summed E-state index contributed by atoms with van der Waals surface area (Å²) in [6, 6.07) is 4.63. The molecule has 1 aromatic carbocycles. The Hall–Kier alpha value is -2.42. The fourth-order valence-electron chi connectivity index (χ4n) is 2.80. The first-order chi connectivity index (χ1) is 12.7. The molecule has 148 valence electrons. The Bertz CT molecular complexity index is 798. The van der Waals surface area contributed by atoms with Crippen LogP contribution in [-0.4, -0.2) is 44.7 Å². The van der Waals surface area contributed by atoms with Crippen LogP contribution in [0.2, 0.25) is 0 Å². The van der Waals surface area contributed by atoms with Gasteiger partial charge in [-0.05, 0) is 44.0 Å². The highest BCUT2D eigenvalue weighted by Gasteiger charge is 2.23. The van der Waals surface area contributed by atoms with Gasteiger partial charge in [-0.15, -0.1) is 0 Å². The minimum Gasteiger partial charge on any atom is -0.449 e. The number of urea groups is 1. The van der Waals surface area contributed by atoms with Gasteiger partial charge in [0.2, 0.25) is 0 Å². The second-order valence-corrected chi connectivity index (χ2v) is 8.66. The van der Waals surface area contributed by atoms with Gasteiger partial charge in [0.1, 0.15) is 0 Å². The molecule has 1 aromatic rings. The van der Waals surface area contributed by atoms with Gasteiger partial charge < -0.3 is 10.1 Å². The van der Waals surface area contributed by atoms with Crippen LogP contribution in [-0.2, 0) is 19.4 Å². The molecule has 0 radical (unpaired) electrons. The Morgan fingerprint density at radius 3 is 2.22 bits per heavy atom. The van der Waals surface area contributed by atoms with Gasteiger partial charge in [0.25, 0.3) is 5.91 Å². The second kappa shape index (κ2) is 8.98. The number of rotatable bonds is 5. The molecule has 27 heavy (non-hydrogen) atoms. The summed E-state index contributed by atoms with van der Waals surface area (Å²) >= 11 is 0. The minimum absolute atomic E-state index is 0.0535. The minimum atomic E-state index is -3.37. The van der Waals surface area contributed by atoms with Crippen LogP contribution in [0.1, 0.15) is 49.4 Å². The molecule has 1 aliphatic carbocycles. The normalized spacial score (nSPS) is 16.2. The molecule has 9 heteroatoms. The Kier molecular flexibility index (Phi) is 6.95. The molecule has 0 bridgehead atoms. The zero-order chi connectivity index (χ0) is 20.0. The Morgan fingerprint density at radius 1 is 1.07 bits per heavy atom. The predicted octanol–water partition coefficient (Wildman–Crippen LogP) is 1.79. The van der Waals surface area contributed by atoms with E-state index >= 15 is 0 Å². The molecule has 1 unspecified atom stereocenters. The van der Waals surface area contributed by atoms with Crippen LogP contribution in [0.15, 0.2) is 29.2 Å². The van der Waals surface area contributed by atoms with Gasteiger partial charge in [0.15, 0.2) is 15.9 Å². The number of benzene rings is 1. The molecule has 3 amide bonds. The van der Waals surface area contributed by atoms with Crippen molar-refractivity contribution < 1.29 is 27.5 Å². The standard InChI is InChI=1S/C18H24N2O6S/c1-12(16(21)20-18(23)19-14-6-4-3-5-7-14)26-17(22)13-8-10-15(11-9-13)27(2,24)25/h8-12,14H,3-7H2,1-2H3,(H2,19,20,21,23). The third-order valence-electron chi connectivity index (χ3n) is 4.35. The first kappa shape index (κ1) is 20.9. The van der Waals surface area contributed by atoms with Crippen molar-refractivity contribution in [2.75, 3.05) is 6.26 Å². The lowest BCUT2D eigenvalue weighted by atomic mass is 9.96. The molecule has 8 nitrogen and oxygen atoms in total. The van der Waals surface area contributed by atoms with Crippen LogP contribution in [0.4, 0.5) is 4.79 Å². The molecule has 0 saturated heterocycles. The smallest absolute Gasteiger partial charge is 0.338 e. The lowest BCUT2D eigenvalue weighted by Gasteiger charge is -2.23. The number of imide groups is 1. The van der Waals surface area contributed by atoms with Gasteiger partial charge in [-0.3, -0.25) is 10.1 Å². The molecule has 2 rings (SSSR count). The van der Waals surface area contributed by atoms with E-state index in [0.717, 1.165) is 38.4 Å². The van der Waals surface area contributed by atoms with Crippen LogP contribution < -0.4 is 10.6 Å². The van der Waals surface area contributed by atoms with Crippen molar-refractivity contribution in [1.82, 2.24) is 10.6 Å². The van der Waals surface area contributed by atoms with E-state index in [9.17, 15) is 22.8 Å². The van der Waals surface area contributed by atoms with Gasteiger partial charge >= 0.3 is 12.0 Å². The summed E-state index contributed by atoms with van der Waals surface area (Å²) in [4.78, 5) is 36.0. The van der Waals surface area contributed by atoms with Crippen LogP contribution >= 0.6 is 0 Å². The highest BCUT2D eigenvalue weighted by atomic mass is 32.2. The van der Waals surface area contributed by atoms with E-state index in [4.69, 9.17) is 4.74 Å². The summed E-state index contributed by atoms with van der Waals surface area (Å²) in [5, 5.41) is 4.91. The molecule has 0 heterocycles. The topological polar surface area (TPSA) is 119 Å². The summed E-state index contributed by atoms with van der Waals surface area (Å²) in [6.45, 7) is 1.35. The van der Waals surface area contributed by atoms with E-state index in [0.29, 0.717) is 0 Å². The van der Waals surface area contributed by atoms with Gasteiger partial charge in [-0.25, -0.2) is 18.0 Å². The summed E-state index contributed by atoms with van der Waals surface area (Å²) in [5.41, 5.74) is 0.105. The highest BCUT2D eigenvalue weighted by Crippen LogP contribution is 2.17. The number of amides is 3. The lowest BCUT2D eigenvalue weighted by Crippen LogP contribution is -2.48. The first-order valence-corrected chi connectivity index (χ1v) is 10.7. The molecular weight excluding hydrogens is 372 g/mol. The van der Waals surface area contributed by atoms with E-state index in [1.165, 1.54) is 31.2 Å². The van der Waals surface area contributed by atoms with Crippen molar-refractivity contribution in [3.05, 3.63) is 29.8 Å². The van der Waals surface area contributed by atoms with Crippen molar-refractivity contribution in [3.63, 3.8) is 0 Å². The first-order valence-electron chi connectivity index (χ1n) is 8.79. The third-order valence-corrected chi connectivity index (χ3v) is 5.48. The summed E-state index contributed by atoms with van der Waals surface area (Å²) in [5.74, 6) is -1.52. The van der Waals surface area contributed by atoms with E-state index in [-0.39, 0.29) is 16.5 Å². The SMILES string of the molecule is CC(OC(=O)c1ccc(S(C)(=O)=O)cc1)C(=O)NC(=O)NC1CCCCC1. The molecule has 1 atom stereocenters. The number of carbonyl (C=O) groups is 3. The van der Waals surface area contributed by atoms with Crippen LogP contribution in [0, 0.1) is 0 Å². The van der Waals surface area contributed by atoms with Gasteiger partial charge in [-0.2, -0.15) is 0 Å². The quantitative estimate of drug-likeness (QED) is 0.733. The van der Waals surface area contributed by atoms with Gasteiger partial charge in [-0.1, -0.05) is 19.3 Å². The van der Waals surface area contributed by atoms with Crippen LogP contribution in [0.25, 0.3) is 0 Å². The number of sulfone groups is 1. The second-order valence-electron chi connectivity index (χ2n) is 6.64. The fraction of sp³-hybridized carbons (Fsp3) is 0.500. The van der Waals surface area contributed by atoms with Crippen molar-refractivity contribution in [3.8, 4) is 0 Å². The van der Waals surface area contributed by atoms with Crippen molar-refractivity contribution in [2.45, 2.75) is 56.1 Å². The summed E-state index contributed by atoms with van der Waals surface area (Å²) in [6.07, 6.45) is 4.90. The monoisotopic (exact) mass is 396 g/mol. The maximum atomic E-state index is 12.1. The maximum Gasteiger partial charge on any atom is 0.338 e. The number of hydrogen-bond acceptors (Lipinski definition) is 6. The van der Waals surface area contributed by atoms with E-state index < -0.39 is 33.8 Å². The van der Waals surface area contributed by atoms with E-state index in [1.807, 2.05) is 0 Å². The van der Waals surface area contributed by atoms with Gasteiger partial charge in [0.05, 0.1) is 10.5 Å². The number of hydrogen-bond donors (Lipinski definition) is 2. The van der Waals surface area contributed by atoms with E-state index in [1.54, 1.807) is 0 Å². The van der Waals surface area contributed by atoms with Crippen molar-refractivity contribution in [1.29, 1.82) is 0 Å². The predicted molar refractivity (Wildman–Crippen MR) is 98.0 cm³/mol.